The van der Waals surface area contributed by atoms with Crippen molar-refractivity contribution in [2.24, 2.45) is 0 Å². The molecule has 0 aliphatic carbocycles. The summed E-state index contributed by atoms with van der Waals surface area (Å²) in [6.45, 7) is 4.71. The highest BCUT2D eigenvalue weighted by Gasteiger charge is 2.28. The first kappa shape index (κ1) is 20.1. The predicted molar refractivity (Wildman–Crippen MR) is 111 cm³/mol. The Morgan fingerprint density at radius 1 is 1.00 bits per heavy atom. The van der Waals surface area contributed by atoms with Gasteiger partial charge in [0, 0.05) is 13.1 Å². The van der Waals surface area contributed by atoms with E-state index in [9.17, 15) is 9.59 Å². The number of hydrogen-bond donors (Lipinski definition) is 0. The van der Waals surface area contributed by atoms with E-state index in [2.05, 4.69) is 5.10 Å². The summed E-state index contributed by atoms with van der Waals surface area (Å²) in [5.74, 6) is -0.867. The van der Waals surface area contributed by atoms with Gasteiger partial charge < -0.3 is 14.1 Å². The monoisotopic (exact) mass is 407 g/mol. The van der Waals surface area contributed by atoms with E-state index in [4.69, 9.17) is 9.15 Å². The van der Waals surface area contributed by atoms with E-state index in [-0.39, 0.29) is 36.5 Å². The van der Waals surface area contributed by atoms with Gasteiger partial charge in [0.05, 0.1) is 18.1 Å². The minimum atomic E-state index is -0.635. The molecule has 0 bridgehead atoms. The van der Waals surface area contributed by atoms with Crippen molar-refractivity contribution < 1.29 is 13.9 Å². The molecule has 1 amide bonds. The second kappa shape index (κ2) is 8.67. The lowest BCUT2D eigenvalue weighted by Gasteiger charge is -2.35. The minimum absolute atomic E-state index is 0.0390. The van der Waals surface area contributed by atoms with Gasteiger partial charge in [0.25, 0.3) is 0 Å². The Morgan fingerprint density at radius 3 is 2.07 bits per heavy atom. The average Bonchev–Trinajstić information content (AvgIpc) is 3.08. The number of rotatable bonds is 5. The number of carbonyl (C=O) groups excluding carboxylic acids is 1. The topological polar surface area (TPSA) is 77.6 Å². The van der Waals surface area contributed by atoms with Crippen LogP contribution in [0.5, 0.6) is 0 Å². The van der Waals surface area contributed by atoms with Gasteiger partial charge in [-0.25, -0.2) is 4.79 Å². The number of hydrogen-bond acceptors (Lipinski definition) is 5. The van der Waals surface area contributed by atoms with Crippen LogP contribution in [0, 0.1) is 0 Å². The van der Waals surface area contributed by atoms with E-state index in [1.54, 1.807) is 4.90 Å². The highest BCUT2D eigenvalue weighted by molar-refractivity contribution is 5.76. The van der Waals surface area contributed by atoms with Crippen LogP contribution in [0.1, 0.15) is 36.8 Å². The molecule has 30 heavy (non-hydrogen) atoms. The molecule has 4 rings (SSSR count). The number of aromatic nitrogens is 2. The molecule has 2 unspecified atom stereocenters. The Morgan fingerprint density at radius 2 is 1.53 bits per heavy atom. The first-order valence-corrected chi connectivity index (χ1v) is 10.1. The van der Waals surface area contributed by atoms with E-state index in [0.717, 1.165) is 15.8 Å². The van der Waals surface area contributed by atoms with Gasteiger partial charge in [-0.2, -0.15) is 4.68 Å². The number of amides is 1. The Balaban J connectivity index is 1.61. The van der Waals surface area contributed by atoms with Gasteiger partial charge in [0.15, 0.2) is 0 Å². The van der Waals surface area contributed by atoms with Crippen LogP contribution in [0.25, 0.3) is 0 Å². The average molecular weight is 407 g/mol. The van der Waals surface area contributed by atoms with Crippen molar-refractivity contribution in [1.82, 2.24) is 14.7 Å². The largest absolute Gasteiger partial charge is 0.437 e. The molecular formula is C23H25N3O4. The van der Waals surface area contributed by atoms with Crippen molar-refractivity contribution >= 4 is 5.91 Å². The van der Waals surface area contributed by atoms with Gasteiger partial charge >= 0.3 is 5.76 Å². The molecule has 3 aromatic rings. The van der Waals surface area contributed by atoms with Gasteiger partial charge in [-0.15, -0.1) is 5.10 Å². The minimum Gasteiger partial charge on any atom is -0.391 e. The van der Waals surface area contributed by atoms with E-state index in [1.807, 2.05) is 74.5 Å². The molecule has 1 fully saturated rings. The molecule has 1 aliphatic rings. The van der Waals surface area contributed by atoms with Crippen molar-refractivity contribution in [3.05, 3.63) is 88.2 Å². The fraction of sp³-hybridized carbons (Fsp3) is 0.348. The van der Waals surface area contributed by atoms with Crippen LogP contribution in [0.4, 0.5) is 0 Å². The van der Waals surface area contributed by atoms with E-state index in [1.165, 1.54) is 0 Å². The summed E-state index contributed by atoms with van der Waals surface area (Å²) < 4.78 is 12.3. The first-order chi connectivity index (χ1) is 14.5. The first-order valence-electron chi connectivity index (χ1n) is 10.1. The highest BCUT2D eigenvalue weighted by atomic mass is 16.5. The summed E-state index contributed by atoms with van der Waals surface area (Å²) >= 11 is 0. The van der Waals surface area contributed by atoms with Crippen molar-refractivity contribution in [2.75, 3.05) is 13.1 Å². The third kappa shape index (κ3) is 4.36. The maximum absolute atomic E-state index is 12.8. The number of morpholine rings is 1. The van der Waals surface area contributed by atoms with Crippen LogP contribution in [0.3, 0.4) is 0 Å². The van der Waals surface area contributed by atoms with Gasteiger partial charge in [-0.1, -0.05) is 60.7 Å². The van der Waals surface area contributed by atoms with E-state index >= 15 is 0 Å². The van der Waals surface area contributed by atoms with Gasteiger partial charge in [-0.3, -0.25) is 4.79 Å². The van der Waals surface area contributed by atoms with Crippen LogP contribution in [0.2, 0.25) is 0 Å². The lowest BCUT2D eigenvalue weighted by Crippen LogP contribution is -2.49. The summed E-state index contributed by atoms with van der Waals surface area (Å²) in [4.78, 5) is 27.0. The zero-order chi connectivity index (χ0) is 21.1. The lowest BCUT2D eigenvalue weighted by molar-refractivity contribution is -0.144. The molecule has 0 spiro atoms. The van der Waals surface area contributed by atoms with Crippen LogP contribution >= 0.6 is 0 Å². The Labute approximate surface area is 174 Å². The van der Waals surface area contributed by atoms with Crippen LogP contribution < -0.4 is 5.76 Å². The standard InChI is InChI=1S/C23H25N3O4/c1-16-13-25(14-17(2)29-16)20(27)15-26-23(28)30-22(24-26)21(18-9-5-3-6-10-18)19-11-7-4-8-12-19/h3-12,16-17,21H,13-15H2,1-2H3. The summed E-state index contributed by atoms with van der Waals surface area (Å²) in [6, 6.07) is 19.5. The number of benzene rings is 2. The maximum Gasteiger partial charge on any atom is 0.437 e. The summed E-state index contributed by atoms with van der Waals surface area (Å²) in [6.07, 6.45) is -0.0781. The Bertz CT molecular complexity index is 996. The molecule has 156 valence electrons. The molecule has 7 heteroatoms. The van der Waals surface area contributed by atoms with Crippen molar-refractivity contribution in [3.8, 4) is 0 Å². The normalized spacial score (nSPS) is 19.2. The van der Waals surface area contributed by atoms with E-state index < -0.39 is 5.76 Å². The highest BCUT2D eigenvalue weighted by Crippen LogP contribution is 2.29. The molecule has 0 N–H and O–H groups in total. The number of carbonyl (C=O) groups is 1. The molecule has 0 radical (unpaired) electrons. The Kier molecular flexibility index (Phi) is 5.81. The SMILES string of the molecule is CC1CN(C(=O)Cn2nc(C(c3ccccc3)c3ccccc3)oc2=O)CC(C)O1. The van der Waals surface area contributed by atoms with Crippen LogP contribution in [-0.4, -0.2) is 45.9 Å². The van der Waals surface area contributed by atoms with Crippen molar-refractivity contribution in [3.63, 3.8) is 0 Å². The zero-order valence-electron chi connectivity index (χ0n) is 17.1. The third-order valence-electron chi connectivity index (χ3n) is 5.19. The second-order valence-electron chi connectivity index (χ2n) is 7.67. The van der Waals surface area contributed by atoms with Crippen molar-refractivity contribution in [1.29, 1.82) is 0 Å². The van der Waals surface area contributed by atoms with E-state index in [0.29, 0.717) is 13.1 Å². The van der Waals surface area contributed by atoms with Crippen molar-refractivity contribution in [2.45, 2.75) is 38.5 Å². The van der Waals surface area contributed by atoms with Crippen LogP contribution in [0.15, 0.2) is 69.9 Å². The molecule has 2 heterocycles. The third-order valence-corrected chi connectivity index (χ3v) is 5.19. The molecular weight excluding hydrogens is 382 g/mol. The number of ether oxygens (including phenoxy) is 1. The van der Waals surface area contributed by atoms with Crippen LogP contribution in [-0.2, 0) is 16.1 Å². The smallest absolute Gasteiger partial charge is 0.391 e. The summed E-state index contributed by atoms with van der Waals surface area (Å²) in [5.41, 5.74) is 1.92. The molecule has 0 saturated carbocycles. The van der Waals surface area contributed by atoms with Gasteiger partial charge in [-0.05, 0) is 25.0 Å². The summed E-state index contributed by atoms with van der Waals surface area (Å²) in [5, 5.41) is 4.39. The number of nitrogens with zero attached hydrogens (tertiary/aromatic N) is 3. The maximum atomic E-state index is 12.8. The molecule has 1 aromatic heterocycles. The summed E-state index contributed by atoms with van der Waals surface area (Å²) in [7, 11) is 0. The molecule has 2 atom stereocenters. The molecule has 7 nitrogen and oxygen atoms in total. The lowest BCUT2D eigenvalue weighted by atomic mass is 9.91. The quantitative estimate of drug-likeness (QED) is 0.650. The zero-order valence-corrected chi connectivity index (χ0v) is 17.1. The fourth-order valence-electron chi connectivity index (χ4n) is 3.92. The second-order valence-corrected chi connectivity index (χ2v) is 7.67. The van der Waals surface area contributed by atoms with Gasteiger partial charge in [0.1, 0.15) is 6.54 Å². The molecule has 1 aliphatic heterocycles. The van der Waals surface area contributed by atoms with Gasteiger partial charge in [0.2, 0.25) is 11.8 Å². The predicted octanol–water partition coefficient (Wildman–Crippen LogP) is 2.65. The molecule has 2 aromatic carbocycles. The fourth-order valence-corrected chi connectivity index (χ4v) is 3.92. The Hall–Kier alpha value is -3.19. The molecule has 1 saturated heterocycles.